The Morgan fingerprint density at radius 2 is 2.25 bits per heavy atom. The molecule has 2 rings (SSSR count). The van der Waals surface area contributed by atoms with Gasteiger partial charge < -0.3 is 4.90 Å². The fraction of sp³-hybridized carbons (Fsp3) is 0.571. The number of nitrogens with one attached hydrogen (secondary N) is 3. The van der Waals surface area contributed by atoms with Crippen molar-refractivity contribution in [2.75, 3.05) is 18.5 Å². The average Bonchev–Trinajstić information content (AvgIpc) is 2.89. The zero-order valence-electron chi connectivity index (χ0n) is 8.77. The Morgan fingerprint density at radius 3 is 2.88 bits per heavy atom. The van der Waals surface area contributed by atoms with Crippen molar-refractivity contribution in [1.29, 1.82) is 0 Å². The lowest BCUT2D eigenvalue weighted by molar-refractivity contribution is 0.739. The lowest BCUT2D eigenvalue weighted by Crippen LogP contribution is -2.21. The first-order valence-corrected chi connectivity index (χ1v) is 4.84. The second kappa shape index (κ2) is 4.55. The van der Waals surface area contributed by atoms with Gasteiger partial charge in [-0.2, -0.15) is 4.98 Å². The van der Waals surface area contributed by atoms with Crippen LogP contribution in [0.5, 0.6) is 0 Å². The largest absolute Gasteiger partial charge is 0.362 e. The van der Waals surface area contributed by atoms with Crippen LogP contribution in [0.15, 0.2) is 4.79 Å². The van der Waals surface area contributed by atoms with Gasteiger partial charge in [0.2, 0.25) is 5.95 Å². The first-order chi connectivity index (χ1) is 7.75. The molecule has 0 aliphatic heterocycles. The molecule has 0 unspecified atom stereocenters. The van der Waals surface area contributed by atoms with E-state index in [4.69, 9.17) is 0 Å². The Morgan fingerprint density at radius 1 is 1.38 bits per heavy atom. The summed E-state index contributed by atoms with van der Waals surface area (Å²) in [5.74, 6) is 1.28. The molecule has 0 amide bonds. The van der Waals surface area contributed by atoms with Crippen LogP contribution in [0.2, 0.25) is 0 Å². The standard InChI is InChI=1S/C7H12N8O/c1-15(6-8-7(16)12-11-6)4-2-3-5-9-13-14-10-5/h2-4H2,1H3,(H2,8,11,12,16)(H,9,10,13,14). The highest BCUT2D eigenvalue weighted by Gasteiger charge is 2.05. The number of aryl methyl sites for hydroxylation is 1. The fourth-order valence-corrected chi connectivity index (χ4v) is 1.32. The van der Waals surface area contributed by atoms with Gasteiger partial charge in [-0.1, -0.05) is 0 Å². The molecule has 2 aromatic heterocycles. The Balaban J connectivity index is 1.80. The van der Waals surface area contributed by atoms with Crippen molar-refractivity contribution in [3.8, 4) is 0 Å². The molecule has 2 aromatic rings. The van der Waals surface area contributed by atoms with Crippen molar-refractivity contribution in [3.63, 3.8) is 0 Å². The summed E-state index contributed by atoms with van der Waals surface area (Å²) in [4.78, 5) is 16.4. The quantitative estimate of drug-likeness (QED) is 0.579. The van der Waals surface area contributed by atoms with Gasteiger partial charge >= 0.3 is 5.69 Å². The van der Waals surface area contributed by atoms with E-state index < -0.39 is 0 Å². The molecule has 0 aromatic carbocycles. The van der Waals surface area contributed by atoms with Crippen LogP contribution >= 0.6 is 0 Å². The SMILES string of the molecule is CN(CCCc1nnn[nH]1)c1nc(=O)[nH][nH]1. The van der Waals surface area contributed by atoms with E-state index >= 15 is 0 Å². The van der Waals surface area contributed by atoms with Crippen LogP contribution in [0.4, 0.5) is 5.95 Å². The molecular weight excluding hydrogens is 212 g/mol. The molecule has 0 saturated carbocycles. The maximum absolute atomic E-state index is 10.8. The summed E-state index contributed by atoms with van der Waals surface area (Å²) in [6, 6.07) is 0. The van der Waals surface area contributed by atoms with Crippen LogP contribution in [0.1, 0.15) is 12.2 Å². The Hall–Kier alpha value is -2.19. The van der Waals surface area contributed by atoms with E-state index in [9.17, 15) is 4.79 Å². The minimum atomic E-state index is -0.374. The van der Waals surface area contributed by atoms with E-state index in [1.807, 2.05) is 11.9 Å². The molecule has 0 aliphatic carbocycles. The topological polar surface area (TPSA) is 119 Å². The van der Waals surface area contributed by atoms with Crippen LogP contribution in [0.3, 0.4) is 0 Å². The van der Waals surface area contributed by atoms with Crippen LogP contribution in [-0.2, 0) is 6.42 Å². The summed E-state index contributed by atoms with van der Waals surface area (Å²) in [6.45, 7) is 0.751. The minimum absolute atomic E-state index is 0.374. The van der Waals surface area contributed by atoms with Crippen LogP contribution in [0.25, 0.3) is 0 Å². The molecule has 0 fully saturated rings. The number of rotatable bonds is 5. The third kappa shape index (κ3) is 2.43. The van der Waals surface area contributed by atoms with Crippen molar-refractivity contribution >= 4 is 5.95 Å². The second-order valence-corrected chi connectivity index (χ2v) is 3.36. The van der Waals surface area contributed by atoms with Crippen molar-refractivity contribution in [1.82, 2.24) is 35.8 Å². The molecule has 0 atom stereocenters. The Labute approximate surface area is 90.3 Å². The van der Waals surface area contributed by atoms with Crippen LogP contribution < -0.4 is 10.6 Å². The number of nitrogens with zero attached hydrogens (tertiary/aromatic N) is 5. The van der Waals surface area contributed by atoms with Gasteiger partial charge in [0, 0.05) is 20.0 Å². The molecule has 9 nitrogen and oxygen atoms in total. The normalized spacial score (nSPS) is 10.6. The number of aromatic amines is 3. The average molecular weight is 224 g/mol. The predicted molar refractivity (Wildman–Crippen MR) is 55.0 cm³/mol. The second-order valence-electron chi connectivity index (χ2n) is 3.36. The summed E-state index contributed by atoms with van der Waals surface area (Å²) < 4.78 is 0. The molecule has 0 bridgehead atoms. The van der Waals surface area contributed by atoms with Gasteiger partial charge in [0.1, 0.15) is 5.82 Å². The predicted octanol–water partition coefficient (Wildman–Crippen LogP) is -1.32. The van der Waals surface area contributed by atoms with Crippen LogP contribution in [-0.4, -0.2) is 49.4 Å². The van der Waals surface area contributed by atoms with Crippen LogP contribution in [0, 0.1) is 0 Å². The smallest absolute Gasteiger partial charge is 0.344 e. The fourth-order valence-electron chi connectivity index (χ4n) is 1.32. The number of hydrogen-bond acceptors (Lipinski definition) is 6. The highest BCUT2D eigenvalue weighted by molar-refractivity contribution is 5.24. The Bertz CT molecular complexity index is 471. The molecule has 3 N–H and O–H groups in total. The van der Waals surface area contributed by atoms with E-state index in [1.165, 1.54) is 0 Å². The molecule has 9 heteroatoms. The number of anilines is 1. The molecule has 0 spiro atoms. The zero-order chi connectivity index (χ0) is 11.4. The van der Waals surface area contributed by atoms with E-state index in [0.29, 0.717) is 5.95 Å². The summed E-state index contributed by atoms with van der Waals surface area (Å²) in [5.41, 5.74) is -0.374. The van der Waals surface area contributed by atoms with Gasteiger partial charge in [0.25, 0.3) is 0 Å². The summed E-state index contributed by atoms with van der Waals surface area (Å²) in [6.07, 6.45) is 1.62. The highest BCUT2D eigenvalue weighted by Crippen LogP contribution is 2.01. The van der Waals surface area contributed by atoms with Crippen molar-refractivity contribution in [2.24, 2.45) is 0 Å². The van der Waals surface area contributed by atoms with E-state index in [-0.39, 0.29) is 5.69 Å². The van der Waals surface area contributed by atoms with Crippen molar-refractivity contribution < 1.29 is 0 Å². The maximum atomic E-state index is 10.8. The molecule has 16 heavy (non-hydrogen) atoms. The van der Waals surface area contributed by atoms with Gasteiger partial charge in [-0.3, -0.25) is 5.10 Å². The van der Waals surface area contributed by atoms with E-state index in [0.717, 1.165) is 25.2 Å². The van der Waals surface area contributed by atoms with Crippen molar-refractivity contribution in [3.05, 3.63) is 16.3 Å². The third-order valence-corrected chi connectivity index (χ3v) is 2.15. The van der Waals surface area contributed by atoms with Gasteiger partial charge in [-0.15, -0.1) is 5.10 Å². The number of H-pyrrole nitrogens is 3. The first kappa shape index (κ1) is 10.3. The molecule has 86 valence electrons. The molecule has 0 aliphatic rings. The zero-order valence-corrected chi connectivity index (χ0v) is 8.77. The van der Waals surface area contributed by atoms with Gasteiger partial charge in [0.15, 0.2) is 0 Å². The first-order valence-electron chi connectivity index (χ1n) is 4.84. The lowest BCUT2D eigenvalue weighted by Gasteiger charge is -2.13. The van der Waals surface area contributed by atoms with Gasteiger partial charge in [0.05, 0.1) is 0 Å². The Kier molecular flexibility index (Phi) is 2.94. The minimum Gasteiger partial charge on any atom is -0.344 e. The van der Waals surface area contributed by atoms with Gasteiger partial charge in [-0.25, -0.2) is 15.0 Å². The maximum Gasteiger partial charge on any atom is 0.362 e. The lowest BCUT2D eigenvalue weighted by atomic mass is 10.3. The summed E-state index contributed by atoms with van der Waals surface area (Å²) in [7, 11) is 1.85. The molecule has 2 heterocycles. The van der Waals surface area contributed by atoms with Crippen molar-refractivity contribution in [2.45, 2.75) is 12.8 Å². The number of aromatic nitrogens is 7. The number of hydrogen-bond donors (Lipinski definition) is 3. The monoisotopic (exact) mass is 224 g/mol. The van der Waals surface area contributed by atoms with E-state index in [2.05, 4.69) is 35.8 Å². The third-order valence-electron chi connectivity index (χ3n) is 2.15. The summed E-state index contributed by atoms with van der Waals surface area (Å²) in [5, 5.41) is 18.5. The molecule has 0 radical (unpaired) electrons. The molecular formula is C7H12N8O. The van der Waals surface area contributed by atoms with Gasteiger partial charge in [-0.05, 0) is 16.8 Å². The number of tetrazole rings is 1. The summed E-state index contributed by atoms with van der Waals surface area (Å²) >= 11 is 0. The van der Waals surface area contributed by atoms with E-state index in [1.54, 1.807) is 0 Å². The highest BCUT2D eigenvalue weighted by atomic mass is 16.1. The molecule has 0 saturated heterocycles.